The number of hydrogen-bond donors (Lipinski definition) is 1. The quantitative estimate of drug-likeness (QED) is 0.867. The first-order valence-corrected chi connectivity index (χ1v) is 7.96. The summed E-state index contributed by atoms with van der Waals surface area (Å²) in [6.07, 6.45) is 3.07. The summed E-state index contributed by atoms with van der Waals surface area (Å²) < 4.78 is 26.1. The molecule has 2 N–H and O–H groups in total. The largest absolute Gasteiger partial charge is 0.399 e. The van der Waals surface area contributed by atoms with E-state index in [2.05, 4.69) is 0 Å². The van der Waals surface area contributed by atoms with Crippen LogP contribution in [0.4, 0.5) is 10.1 Å². The molecule has 2 atom stereocenters. The number of nitrogens with zero attached hydrogens (tertiary/aromatic N) is 1. The molecule has 1 aromatic carbocycles. The Hall–Kier alpha value is -1.43. The highest BCUT2D eigenvalue weighted by Gasteiger charge is 2.28. The maximum Gasteiger partial charge on any atom is 0.238 e. The van der Waals surface area contributed by atoms with Crippen molar-refractivity contribution in [3.63, 3.8) is 0 Å². The molecule has 0 saturated carbocycles. The smallest absolute Gasteiger partial charge is 0.238 e. The molecule has 0 aromatic heterocycles. The van der Waals surface area contributed by atoms with Gasteiger partial charge in [-0.15, -0.1) is 0 Å². The molecule has 1 aliphatic rings. The number of nitrogens with two attached hydrogens (primary N) is 1. The lowest BCUT2D eigenvalue weighted by Gasteiger charge is -2.29. The van der Waals surface area contributed by atoms with Crippen LogP contribution in [0.5, 0.6) is 0 Å². The number of amides is 1. The highest BCUT2D eigenvalue weighted by molar-refractivity contribution is 7.86. The van der Waals surface area contributed by atoms with Crippen molar-refractivity contribution in [3.8, 4) is 0 Å². The Labute approximate surface area is 120 Å². The first-order valence-electron chi connectivity index (χ1n) is 6.75. The van der Waals surface area contributed by atoms with Crippen LogP contribution in [0.3, 0.4) is 0 Å². The number of rotatable bonds is 3. The fraction of sp³-hybridized carbons (Fsp3) is 0.500. The summed E-state index contributed by atoms with van der Waals surface area (Å²) in [6, 6.07) is 4.01. The standard InChI is InChI=1S/C14H19FN2O2S/c1-10(14(18)17-7-3-2-4-8-17)20(19)13-6-5-11(16)9-12(13)15/h5-6,9-10H,2-4,7-8,16H2,1H3. The zero-order valence-corrected chi connectivity index (χ0v) is 12.3. The van der Waals surface area contributed by atoms with Gasteiger partial charge in [0.25, 0.3) is 0 Å². The van der Waals surface area contributed by atoms with Gasteiger partial charge in [-0.05, 0) is 44.4 Å². The van der Waals surface area contributed by atoms with Gasteiger partial charge in [-0.3, -0.25) is 9.00 Å². The van der Waals surface area contributed by atoms with Gasteiger partial charge < -0.3 is 10.6 Å². The monoisotopic (exact) mass is 298 g/mol. The molecule has 0 spiro atoms. The third-order valence-electron chi connectivity index (χ3n) is 3.51. The molecule has 0 aliphatic carbocycles. The van der Waals surface area contributed by atoms with E-state index in [4.69, 9.17) is 5.73 Å². The lowest BCUT2D eigenvalue weighted by molar-refractivity contribution is -0.131. The Morgan fingerprint density at radius 2 is 2.00 bits per heavy atom. The molecule has 110 valence electrons. The van der Waals surface area contributed by atoms with Crippen LogP contribution in [0, 0.1) is 5.82 Å². The number of anilines is 1. The average molecular weight is 298 g/mol. The lowest BCUT2D eigenvalue weighted by atomic mass is 10.1. The number of benzene rings is 1. The Kier molecular flexibility index (Phi) is 4.75. The minimum Gasteiger partial charge on any atom is -0.399 e. The zero-order chi connectivity index (χ0) is 14.7. The van der Waals surface area contributed by atoms with Crippen LogP contribution in [0.2, 0.25) is 0 Å². The van der Waals surface area contributed by atoms with Crippen LogP contribution < -0.4 is 5.73 Å². The van der Waals surface area contributed by atoms with Crippen LogP contribution in [-0.4, -0.2) is 33.4 Å². The summed E-state index contributed by atoms with van der Waals surface area (Å²) >= 11 is 0. The van der Waals surface area contributed by atoms with Crippen LogP contribution in [0.15, 0.2) is 23.1 Å². The van der Waals surface area contributed by atoms with Gasteiger partial charge in [0.2, 0.25) is 5.91 Å². The predicted molar refractivity (Wildman–Crippen MR) is 77.1 cm³/mol. The molecule has 1 heterocycles. The summed E-state index contributed by atoms with van der Waals surface area (Å²) in [6.45, 7) is 2.98. The van der Waals surface area contributed by atoms with Crippen molar-refractivity contribution in [3.05, 3.63) is 24.0 Å². The van der Waals surface area contributed by atoms with E-state index in [0.29, 0.717) is 13.1 Å². The van der Waals surface area contributed by atoms with Crippen LogP contribution in [0.25, 0.3) is 0 Å². The first kappa shape index (κ1) is 15.0. The normalized spacial score (nSPS) is 18.6. The Morgan fingerprint density at radius 3 is 2.60 bits per heavy atom. The maximum absolute atomic E-state index is 13.8. The second kappa shape index (κ2) is 6.35. The molecule has 6 heteroatoms. The highest BCUT2D eigenvalue weighted by Crippen LogP contribution is 2.20. The van der Waals surface area contributed by atoms with Crippen molar-refractivity contribution in [1.29, 1.82) is 0 Å². The number of carbonyl (C=O) groups excluding carboxylic acids is 1. The fourth-order valence-corrected chi connectivity index (χ4v) is 3.50. The average Bonchev–Trinajstić information content (AvgIpc) is 2.46. The minimum absolute atomic E-state index is 0.0389. The number of carbonyl (C=O) groups is 1. The summed E-state index contributed by atoms with van der Waals surface area (Å²) in [5, 5.41) is -0.744. The molecule has 1 fully saturated rings. The number of nitrogen functional groups attached to an aromatic ring is 1. The van der Waals surface area contributed by atoms with Crippen molar-refractivity contribution < 1.29 is 13.4 Å². The molecule has 1 saturated heterocycles. The van der Waals surface area contributed by atoms with Crippen LogP contribution >= 0.6 is 0 Å². The van der Waals surface area contributed by atoms with E-state index in [9.17, 15) is 13.4 Å². The van der Waals surface area contributed by atoms with E-state index in [0.717, 1.165) is 25.3 Å². The van der Waals surface area contributed by atoms with Crippen molar-refractivity contribution >= 4 is 22.4 Å². The second-order valence-electron chi connectivity index (χ2n) is 5.02. The van der Waals surface area contributed by atoms with E-state index < -0.39 is 21.9 Å². The van der Waals surface area contributed by atoms with Gasteiger partial charge in [-0.1, -0.05) is 0 Å². The van der Waals surface area contributed by atoms with E-state index in [1.54, 1.807) is 11.8 Å². The number of halogens is 1. The molecule has 1 aromatic rings. The third kappa shape index (κ3) is 3.17. The molecule has 2 rings (SSSR count). The summed E-state index contributed by atoms with van der Waals surface area (Å²) in [4.78, 5) is 14.0. The maximum atomic E-state index is 13.8. The molecule has 4 nitrogen and oxygen atoms in total. The molecule has 1 aliphatic heterocycles. The van der Waals surface area contributed by atoms with Gasteiger partial charge in [0.1, 0.15) is 11.1 Å². The van der Waals surface area contributed by atoms with E-state index in [1.807, 2.05) is 0 Å². The molecular formula is C14H19FN2O2S. The number of piperidine rings is 1. The Balaban J connectivity index is 2.13. The third-order valence-corrected chi connectivity index (χ3v) is 5.12. The van der Waals surface area contributed by atoms with Gasteiger partial charge in [-0.2, -0.15) is 0 Å². The van der Waals surface area contributed by atoms with Crippen molar-refractivity contribution in [1.82, 2.24) is 4.90 Å². The fourth-order valence-electron chi connectivity index (χ4n) is 2.33. The minimum atomic E-state index is -1.70. The van der Waals surface area contributed by atoms with E-state index in [-0.39, 0.29) is 16.5 Å². The van der Waals surface area contributed by atoms with Gasteiger partial charge >= 0.3 is 0 Å². The van der Waals surface area contributed by atoms with Gasteiger partial charge in [-0.25, -0.2) is 4.39 Å². The van der Waals surface area contributed by atoms with Gasteiger partial charge in [0.15, 0.2) is 0 Å². The molecule has 20 heavy (non-hydrogen) atoms. The Bertz CT molecular complexity index is 530. The van der Waals surface area contributed by atoms with Crippen LogP contribution in [0.1, 0.15) is 26.2 Å². The SMILES string of the molecule is CC(C(=O)N1CCCCC1)S(=O)c1ccc(N)cc1F. The molecule has 0 radical (unpaired) electrons. The zero-order valence-electron chi connectivity index (χ0n) is 11.5. The van der Waals surface area contributed by atoms with Crippen molar-refractivity contribution in [2.24, 2.45) is 0 Å². The Morgan fingerprint density at radius 1 is 1.35 bits per heavy atom. The topological polar surface area (TPSA) is 63.4 Å². The summed E-state index contributed by atoms with van der Waals surface area (Å²) in [5.41, 5.74) is 5.74. The molecular weight excluding hydrogens is 279 g/mol. The predicted octanol–water partition coefficient (Wildman–Crippen LogP) is 1.92. The van der Waals surface area contributed by atoms with Crippen LogP contribution in [-0.2, 0) is 15.6 Å². The van der Waals surface area contributed by atoms with Crippen molar-refractivity contribution in [2.75, 3.05) is 18.8 Å². The molecule has 1 amide bonds. The van der Waals surface area contributed by atoms with Gasteiger partial charge in [0.05, 0.1) is 15.7 Å². The number of likely N-dealkylation sites (tertiary alicyclic amines) is 1. The van der Waals surface area contributed by atoms with E-state index in [1.165, 1.54) is 12.1 Å². The highest BCUT2D eigenvalue weighted by atomic mass is 32.2. The molecule has 2 unspecified atom stereocenters. The molecule has 0 bridgehead atoms. The summed E-state index contributed by atoms with van der Waals surface area (Å²) in [7, 11) is -1.70. The lowest BCUT2D eigenvalue weighted by Crippen LogP contribution is -2.42. The number of hydrogen-bond acceptors (Lipinski definition) is 3. The summed E-state index contributed by atoms with van der Waals surface area (Å²) in [5.74, 6) is -0.791. The second-order valence-corrected chi connectivity index (χ2v) is 6.76. The van der Waals surface area contributed by atoms with Gasteiger partial charge in [0, 0.05) is 18.8 Å². The van der Waals surface area contributed by atoms with E-state index >= 15 is 0 Å². The van der Waals surface area contributed by atoms with Crippen molar-refractivity contribution in [2.45, 2.75) is 36.3 Å². The first-order chi connectivity index (χ1) is 9.50.